The van der Waals surface area contributed by atoms with Crippen molar-refractivity contribution in [2.24, 2.45) is 5.10 Å². The molecule has 0 radical (unpaired) electrons. The third-order valence-electron chi connectivity index (χ3n) is 3.19. The van der Waals surface area contributed by atoms with Gasteiger partial charge in [-0.2, -0.15) is 27.8 Å². The number of nitrogens with one attached hydrogen (secondary N) is 2. The first-order chi connectivity index (χ1) is 12.3. The van der Waals surface area contributed by atoms with Crippen molar-refractivity contribution in [2.45, 2.75) is 6.18 Å². The number of phenolic OH excluding ortho intramolecular Hbond substituents is 1. The summed E-state index contributed by atoms with van der Waals surface area (Å²) in [6.07, 6.45) is -2.87. The van der Waals surface area contributed by atoms with Gasteiger partial charge in [-0.15, -0.1) is 0 Å². The van der Waals surface area contributed by atoms with Crippen molar-refractivity contribution < 1.29 is 23.1 Å². The lowest BCUT2D eigenvalue weighted by molar-refractivity contribution is -0.144. The number of aromatic hydroxyl groups is 1. The van der Waals surface area contributed by atoms with Gasteiger partial charge in [-0.1, -0.05) is 12.1 Å². The molecule has 0 aliphatic carbocycles. The van der Waals surface area contributed by atoms with Gasteiger partial charge in [0.1, 0.15) is 11.3 Å². The molecule has 0 aliphatic rings. The number of alkyl halides is 3. The molecule has 134 valence electrons. The van der Waals surface area contributed by atoms with E-state index >= 15 is 0 Å². The van der Waals surface area contributed by atoms with Crippen LogP contribution in [-0.4, -0.2) is 36.8 Å². The number of nitrogens with zero attached hydrogens (tertiary/aromatic N) is 4. The third kappa shape index (κ3) is 3.24. The van der Waals surface area contributed by atoms with Crippen LogP contribution in [0.2, 0.25) is 0 Å². The number of H-pyrrole nitrogens is 1. The van der Waals surface area contributed by atoms with Crippen molar-refractivity contribution in [1.82, 2.24) is 25.0 Å². The molecule has 3 rings (SSSR count). The molecule has 1 aromatic carbocycles. The summed E-state index contributed by atoms with van der Waals surface area (Å²) in [6, 6.07) is 6.15. The molecule has 3 N–H and O–H groups in total. The second-order valence-electron chi connectivity index (χ2n) is 4.94. The number of benzene rings is 1. The first-order valence-corrected chi connectivity index (χ1v) is 6.94. The summed E-state index contributed by atoms with van der Waals surface area (Å²) in [5.41, 5.74) is 0.711. The van der Waals surface area contributed by atoms with Gasteiger partial charge in [0.25, 0.3) is 17.2 Å². The average molecular weight is 366 g/mol. The summed E-state index contributed by atoms with van der Waals surface area (Å²) in [4.78, 5) is 30.8. The van der Waals surface area contributed by atoms with Crippen LogP contribution < -0.4 is 11.0 Å². The number of para-hydroxylation sites is 1. The molecule has 2 heterocycles. The minimum atomic E-state index is -4.80. The number of rotatable bonds is 3. The number of hydrogen-bond donors (Lipinski definition) is 3. The molecule has 0 fully saturated rings. The molecule has 0 atom stereocenters. The number of amides is 1. The number of halogens is 3. The fourth-order valence-electron chi connectivity index (χ4n) is 1.96. The Morgan fingerprint density at radius 3 is 2.77 bits per heavy atom. The van der Waals surface area contributed by atoms with Crippen molar-refractivity contribution in [3.05, 3.63) is 57.8 Å². The minimum Gasteiger partial charge on any atom is -0.507 e. The van der Waals surface area contributed by atoms with Crippen LogP contribution in [0.4, 0.5) is 13.2 Å². The standard InChI is InChI=1S/C14H9F3N6O3/c15-14(16,17)12-20-13-18-6-8(11(26)23(13)22-12)10(25)21-19-5-7-3-1-2-4-9(7)24/h1-6,24H,(H,21,25)(H,18,20,22)/b19-5+. The second kappa shape index (κ2) is 6.31. The number of carbonyl (C=O) groups is 1. The average Bonchev–Trinajstić information content (AvgIpc) is 3.02. The second-order valence-corrected chi connectivity index (χ2v) is 4.94. The maximum absolute atomic E-state index is 12.6. The van der Waals surface area contributed by atoms with E-state index < -0.39 is 34.8 Å². The van der Waals surface area contributed by atoms with Gasteiger partial charge in [0.15, 0.2) is 0 Å². The monoisotopic (exact) mass is 366 g/mol. The van der Waals surface area contributed by atoms with Crippen LogP contribution in [0.5, 0.6) is 5.75 Å². The van der Waals surface area contributed by atoms with Crippen molar-refractivity contribution in [2.75, 3.05) is 0 Å². The van der Waals surface area contributed by atoms with Crippen molar-refractivity contribution in [1.29, 1.82) is 0 Å². The lowest BCUT2D eigenvalue weighted by atomic mass is 10.2. The lowest BCUT2D eigenvalue weighted by Crippen LogP contribution is -2.29. The highest BCUT2D eigenvalue weighted by molar-refractivity contribution is 5.94. The Hall–Kier alpha value is -3.70. The molecule has 12 heteroatoms. The topological polar surface area (TPSA) is 125 Å². The number of aromatic amines is 1. The van der Waals surface area contributed by atoms with E-state index in [1.54, 1.807) is 17.2 Å². The van der Waals surface area contributed by atoms with E-state index in [0.29, 0.717) is 10.1 Å². The number of hydrazone groups is 1. The van der Waals surface area contributed by atoms with Crippen LogP contribution in [0.1, 0.15) is 21.7 Å². The van der Waals surface area contributed by atoms with E-state index in [9.17, 15) is 27.9 Å². The van der Waals surface area contributed by atoms with Crippen LogP contribution in [0.25, 0.3) is 5.78 Å². The van der Waals surface area contributed by atoms with Gasteiger partial charge >= 0.3 is 6.18 Å². The smallest absolute Gasteiger partial charge is 0.451 e. The zero-order valence-electron chi connectivity index (χ0n) is 12.7. The fourth-order valence-corrected chi connectivity index (χ4v) is 1.96. The molecule has 0 saturated heterocycles. The number of aromatic nitrogens is 4. The van der Waals surface area contributed by atoms with E-state index in [0.717, 1.165) is 12.4 Å². The summed E-state index contributed by atoms with van der Waals surface area (Å²) in [5, 5.41) is 14.9. The first-order valence-electron chi connectivity index (χ1n) is 6.94. The number of phenols is 1. The van der Waals surface area contributed by atoms with Gasteiger partial charge in [-0.25, -0.2) is 10.4 Å². The van der Waals surface area contributed by atoms with Crippen LogP contribution in [0.3, 0.4) is 0 Å². The molecule has 0 aliphatic heterocycles. The van der Waals surface area contributed by atoms with E-state index in [2.05, 4.69) is 15.1 Å². The highest BCUT2D eigenvalue weighted by atomic mass is 19.4. The van der Waals surface area contributed by atoms with Crippen LogP contribution in [-0.2, 0) is 6.18 Å². The Morgan fingerprint density at radius 1 is 1.35 bits per heavy atom. The maximum Gasteiger partial charge on any atom is 0.451 e. The predicted molar refractivity (Wildman–Crippen MR) is 81.8 cm³/mol. The summed E-state index contributed by atoms with van der Waals surface area (Å²) in [5.74, 6) is -3.02. The highest BCUT2D eigenvalue weighted by Gasteiger charge is 2.35. The molecule has 9 nitrogen and oxygen atoms in total. The lowest BCUT2D eigenvalue weighted by Gasteiger charge is -2.00. The van der Waals surface area contributed by atoms with Crippen LogP contribution in [0, 0.1) is 0 Å². The summed E-state index contributed by atoms with van der Waals surface area (Å²) < 4.78 is 38.3. The summed E-state index contributed by atoms with van der Waals surface area (Å²) >= 11 is 0. The first kappa shape index (κ1) is 17.1. The van der Waals surface area contributed by atoms with Crippen molar-refractivity contribution in [3.63, 3.8) is 0 Å². The van der Waals surface area contributed by atoms with E-state index in [4.69, 9.17) is 0 Å². The minimum absolute atomic E-state index is 0.0780. The quantitative estimate of drug-likeness (QED) is 0.469. The predicted octanol–water partition coefficient (Wildman–Crippen LogP) is 0.906. The number of fused-ring (bicyclic) bond motifs is 1. The largest absolute Gasteiger partial charge is 0.507 e. The van der Waals surface area contributed by atoms with Gasteiger partial charge in [-0.3, -0.25) is 14.7 Å². The van der Waals surface area contributed by atoms with Crippen LogP contribution in [0.15, 0.2) is 40.4 Å². The molecule has 26 heavy (non-hydrogen) atoms. The van der Waals surface area contributed by atoms with Crippen molar-refractivity contribution >= 4 is 17.9 Å². The Bertz CT molecular complexity index is 1070. The van der Waals surface area contributed by atoms with Gasteiger partial charge in [0, 0.05) is 11.8 Å². The Morgan fingerprint density at radius 2 is 2.08 bits per heavy atom. The van der Waals surface area contributed by atoms with E-state index in [1.807, 2.05) is 5.43 Å². The Kier molecular flexibility index (Phi) is 4.16. The van der Waals surface area contributed by atoms with Gasteiger partial charge < -0.3 is 5.11 Å². The fraction of sp³-hybridized carbons (Fsp3) is 0.0714. The zero-order chi connectivity index (χ0) is 18.9. The molecule has 0 unspecified atom stereocenters. The van der Waals surface area contributed by atoms with E-state index in [-0.39, 0.29) is 5.75 Å². The number of carbonyl (C=O) groups excluding carboxylic acids is 1. The SMILES string of the molecule is O=C(N/N=C/c1ccccc1O)c1cnc2nc(C(F)(F)F)[nH]n2c1=O. The molecule has 1 amide bonds. The normalized spacial score (nSPS) is 12.0. The van der Waals surface area contributed by atoms with Crippen LogP contribution >= 0.6 is 0 Å². The highest BCUT2D eigenvalue weighted by Crippen LogP contribution is 2.25. The number of hydrogen-bond acceptors (Lipinski definition) is 6. The molecular weight excluding hydrogens is 357 g/mol. The molecule has 2 aromatic heterocycles. The molecular formula is C14H9F3N6O3. The van der Waals surface area contributed by atoms with Gasteiger partial charge in [-0.05, 0) is 12.1 Å². The Balaban J connectivity index is 1.86. The Labute approximate surface area is 141 Å². The maximum atomic E-state index is 12.6. The van der Waals surface area contributed by atoms with Gasteiger partial charge in [0.05, 0.1) is 6.21 Å². The molecule has 3 aromatic rings. The molecule has 0 saturated carbocycles. The van der Waals surface area contributed by atoms with Crippen molar-refractivity contribution in [3.8, 4) is 5.75 Å². The van der Waals surface area contributed by atoms with Gasteiger partial charge in [0.2, 0.25) is 5.82 Å². The molecule has 0 bridgehead atoms. The molecule has 0 spiro atoms. The summed E-state index contributed by atoms with van der Waals surface area (Å²) in [7, 11) is 0. The zero-order valence-corrected chi connectivity index (χ0v) is 12.7. The third-order valence-corrected chi connectivity index (χ3v) is 3.19. The summed E-state index contributed by atoms with van der Waals surface area (Å²) in [6.45, 7) is 0. The van der Waals surface area contributed by atoms with E-state index in [1.165, 1.54) is 12.1 Å².